The molecule has 8 rings (SSSR count). The number of aromatic nitrogens is 2. The van der Waals surface area contributed by atoms with E-state index in [-0.39, 0.29) is 0 Å². The van der Waals surface area contributed by atoms with Crippen molar-refractivity contribution in [2.24, 2.45) is 0 Å². The number of hydrogen-bond acceptors (Lipinski definition) is 3. The minimum atomic E-state index is -0.444. The summed E-state index contributed by atoms with van der Waals surface area (Å²) in [6, 6.07) is 45.5. The first-order valence-electron chi connectivity index (χ1n) is 15.4. The second-order valence-electron chi connectivity index (χ2n) is 11.6. The Kier molecular flexibility index (Phi) is 6.55. The van der Waals surface area contributed by atoms with Gasteiger partial charge in [0, 0.05) is 18.0 Å². The van der Waals surface area contributed by atoms with Crippen molar-refractivity contribution in [1.82, 2.24) is 9.97 Å². The van der Waals surface area contributed by atoms with Gasteiger partial charge in [-0.3, -0.25) is 9.97 Å². The molecule has 2 aromatic heterocycles. The van der Waals surface area contributed by atoms with Gasteiger partial charge in [0.2, 0.25) is 0 Å². The van der Waals surface area contributed by atoms with Gasteiger partial charge in [-0.2, -0.15) is 5.26 Å². The molecule has 3 heteroatoms. The largest absolute Gasteiger partial charge is 0.255 e. The molecule has 3 nitrogen and oxygen atoms in total. The van der Waals surface area contributed by atoms with Crippen LogP contribution in [0.4, 0.5) is 0 Å². The topological polar surface area (TPSA) is 49.6 Å². The van der Waals surface area contributed by atoms with Gasteiger partial charge in [0.15, 0.2) is 0 Å². The van der Waals surface area contributed by atoms with Gasteiger partial charge in [-0.15, -0.1) is 0 Å². The third-order valence-corrected chi connectivity index (χ3v) is 9.13. The summed E-state index contributed by atoms with van der Waals surface area (Å²) in [4.78, 5) is 9.18. The standard InChI is InChI=1S/C42H29N3/c43-27-29-22-23-44-41(24-29)40-21-18-33(28-45-40)32-17-20-39-37(26-32)36-25-31(30-10-4-1-5-11-30)16-19-38(36)42(39,34-12-6-2-7-13-34)35-14-8-3-9-15-35/h2-4,6-26,28H,1,5H2. The molecule has 2 aliphatic carbocycles. The minimum absolute atomic E-state index is 0.444. The number of fused-ring (bicyclic) bond motifs is 3. The minimum Gasteiger partial charge on any atom is -0.255 e. The summed E-state index contributed by atoms with van der Waals surface area (Å²) in [6.45, 7) is 0. The lowest BCUT2D eigenvalue weighted by Gasteiger charge is -2.34. The van der Waals surface area contributed by atoms with Crippen LogP contribution in [0.15, 0.2) is 152 Å². The Hall–Kier alpha value is -5.85. The summed E-state index contributed by atoms with van der Waals surface area (Å²) in [5.41, 5.74) is 13.8. The van der Waals surface area contributed by atoms with E-state index in [9.17, 15) is 5.26 Å². The summed E-state index contributed by atoms with van der Waals surface area (Å²) < 4.78 is 0. The number of benzene rings is 4. The Morgan fingerprint density at radius 1 is 0.600 bits per heavy atom. The third-order valence-electron chi connectivity index (χ3n) is 9.13. The first-order valence-corrected chi connectivity index (χ1v) is 15.4. The van der Waals surface area contributed by atoms with Gasteiger partial charge in [0.25, 0.3) is 0 Å². The van der Waals surface area contributed by atoms with Crippen molar-refractivity contribution in [3.8, 4) is 39.7 Å². The summed E-state index contributed by atoms with van der Waals surface area (Å²) in [7, 11) is 0. The fourth-order valence-corrected chi connectivity index (χ4v) is 7.04. The van der Waals surface area contributed by atoms with Crippen molar-refractivity contribution >= 4 is 5.57 Å². The van der Waals surface area contributed by atoms with Crippen molar-refractivity contribution in [2.75, 3.05) is 0 Å². The van der Waals surface area contributed by atoms with E-state index in [1.807, 2.05) is 12.3 Å². The van der Waals surface area contributed by atoms with Gasteiger partial charge in [0.1, 0.15) is 0 Å². The summed E-state index contributed by atoms with van der Waals surface area (Å²) >= 11 is 0. The second-order valence-corrected chi connectivity index (χ2v) is 11.6. The van der Waals surface area contributed by atoms with Crippen LogP contribution in [0.5, 0.6) is 0 Å². The lowest BCUT2D eigenvalue weighted by molar-refractivity contribution is 0.768. The first kappa shape index (κ1) is 26.8. The molecule has 0 saturated carbocycles. The number of allylic oxidation sites excluding steroid dienone is 4. The molecule has 0 aliphatic heterocycles. The number of pyridine rings is 2. The lowest BCUT2D eigenvalue weighted by atomic mass is 9.67. The molecule has 6 aromatic rings. The van der Waals surface area contributed by atoms with Crippen LogP contribution in [0.1, 0.15) is 46.2 Å². The predicted octanol–water partition coefficient (Wildman–Crippen LogP) is 9.78. The molecule has 0 bridgehead atoms. The lowest BCUT2D eigenvalue weighted by Crippen LogP contribution is -2.28. The zero-order chi connectivity index (χ0) is 30.2. The smallest absolute Gasteiger partial charge is 0.0992 e. The maximum Gasteiger partial charge on any atom is 0.0992 e. The molecule has 0 saturated heterocycles. The molecular formula is C42H29N3. The van der Waals surface area contributed by atoms with Gasteiger partial charge in [-0.05, 0) is 93.3 Å². The van der Waals surface area contributed by atoms with Crippen molar-refractivity contribution < 1.29 is 0 Å². The molecule has 0 spiro atoms. The molecule has 0 amide bonds. The Bertz CT molecular complexity index is 2110. The van der Waals surface area contributed by atoms with E-state index < -0.39 is 5.41 Å². The molecule has 0 atom stereocenters. The fraction of sp³-hybridized carbons (Fsp3) is 0.0714. The number of nitriles is 1. The van der Waals surface area contributed by atoms with E-state index in [2.05, 4.69) is 132 Å². The number of rotatable bonds is 5. The van der Waals surface area contributed by atoms with E-state index in [4.69, 9.17) is 4.98 Å². The Labute approximate surface area is 263 Å². The van der Waals surface area contributed by atoms with Crippen LogP contribution in [0, 0.1) is 11.3 Å². The SMILES string of the molecule is N#Cc1ccnc(-c2ccc(-c3ccc4c(c3)-c3cc(C5=CCCC=C5)ccc3C4(c3ccccc3)c3ccccc3)cn2)c1. The quantitative estimate of drug-likeness (QED) is 0.205. The van der Waals surface area contributed by atoms with E-state index in [0.717, 1.165) is 29.7 Å². The summed E-state index contributed by atoms with van der Waals surface area (Å²) in [6.07, 6.45) is 12.6. The van der Waals surface area contributed by atoms with Gasteiger partial charge < -0.3 is 0 Å². The fourth-order valence-electron chi connectivity index (χ4n) is 7.04. The first-order chi connectivity index (χ1) is 22.3. The van der Waals surface area contributed by atoms with Crippen LogP contribution < -0.4 is 0 Å². The number of nitrogens with zero attached hydrogens (tertiary/aromatic N) is 3. The van der Waals surface area contributed by atoms with Crippen molar-refractivity contribution in [2.45, 2.75) is 18.3 Å². The molecule has 2 heterocycles. The highest BCUT2D eigenvalue weighted by atomic mass is 14.8. The van der Waals surface area contributed by atoms with E-state index in [1.54, 1.807) is 18.3 Å². The van der Waals surface area contributed by atoms with Gasteiger partial charge in [-0.25, -0.2) is 0 Å². The Morgan fingerprint density at radius 3 is 1.89 bits per heavy atom. The highest BCUT2D eigenvalue weighted by Gasteiger charge is 2.46. The van der Waals surface area contributed by atoms with Crippen LogP contribution in [-0.2, 0) is 5.41 Å². The van der Waals surface area contributed by atoms with Crippen molar-refractivity contribution in [1.29, 1.82) is 5.26 Å². The van der Waals surface area contributed by atoms with Crippen LogP contribution in [0.3, 0.4) is 0 Å². The van der Waals surface area contributed by atoms with Gasteiger partial charge in [-0.1, -0.05) is 109 Å². The van der Waals surface area contributed by atoms with Crippen molar-refractivity contribution in [3.05, 3.63) is 185 Å². The average molecular weight is 576 g/mol. The Morgan fingerprint density at radius 2 is 1.27 bits per heavy atom. The molecule has 4 aromatic carbocycles. The number of hydrogen-bond donors (Lipinski definition) is 0. The van der Waals surface area contributed by atoms with E-state index in [0.29, 0.717) is 11.3 Å². The molecule has 0 fully saturated rings. The highest BCUT2D eigenvalue weighted by molar-refractivity contribution is 5.91. The van der Waals surface area contributed by atoms with Gasteiger partial charge in [0.05, 0.1) is 28.4 Å². The van der Waals surface area contributed by atoms with Crippen LogP contribution in [0.2, 0.25) is 0 Å². The zero-order valence-corrected chi connectivity index (χ0v) is 24.7. The van der Waals surface area contributed by atoms with Crippen LogP contribution in [0.25, 0.3) is 39.2 Å². The maximum atomic E-state index is 9.32. The molecule has 2 aliphatic rings. The Balaban J connectivity index is 1.33. The molecular weight excluding hydrogens is 546 g/mol. The monoisotopic (exact) mass is 575 g/mol. The highest BCUT2D eigenvalue weighted by Crippen LogP contribution is 2.57. The van der Waals surface area contributed by atoms with Gasteiger partial charge >= 0.3 is 0 Å². The summed E-state index contributed by atoms with van der Waals surface area (Å²) in [5, 5.41) is 9.32. The second kappa shape index (κ2) is 11.0. The summed E-state index contributed by atoms with van der Waals surface area (Å²) in [5.74, 6) is 0. The van der Waals surface area contributed by atoms with E-state index >= 15 is 0 Å². The third kappa shape index (κ3) is 4.42. The van der Waals surface area contributed by atoms with E-state index in [1.165, 1.54) is 44.5 Å². The van der Waals surface area contributed by atoms with Crippen LogP contribution in [-0.4, -0.2) is 9.97 Å². The molecule has 0 radical (unpaired) electrons. The average Bonchev–Trinajstić information content (AvgIpc) is 3.42. The molecule has 0 N–H and O–H groups in total. The van der Waals surface area contributed by atoms with Crippen molar-refractivity contribution in [3.63, 3.8) is 0 Å². The molecule has 212 valence electrons. The zero-order valence-electron chi connectivity index (χ0n) is 24.7. The normalized spacial score (nSPS) is 14.2. The molecule has 45 heavy (non-hydrogen) atoms. The predicted molar refractivity (Wildman–Crippen MR) is 181 cm³/mol. The van der Waals surface area contributed by atoms with Crippen LogP contribution >= 0.6 is 0 Å². The maximum absolute atomic E-state index is 9.32. The molecule has 0 unspecified atom stereocenters.